The molecule has 2 N–H and O–H groups in total. The highest BCUT2D eigenvalue weighted by Gasteiger charge is 2.22. The number of nitrogens with two attached hydrogens (primary N) is 1. The summed E-state index contributed by atoms with van der Waals surface area (Å²) in [5.74, 6) is 0. The number of rotatable bonds is 5. The molecule has 5 heteroatoms. The predicted octanol–water partition coefficient (Wildman–Crippen LogP) is 2.83. The maximum atomic E-state index is 5.70. The lowest BCUT2D eigenvalue weighted by molar-refractivity contribution is 0.132. The quantitative estimate of drug-likeness (QED) is 0.906. The van der Waals surface area contributed by atoms with Crippen LogP contribution in [0.1, 0.15) is 43.3 Å². The molecule has 18 heavy (non-hydrogen) atoms. The minimum absolute atomic E-state index is 0. The summed E-state index contributed by atoms with van der Waals surface area (Å²) in [6.45, 7) is 5.20. The zero-order valence-electron chi connectivity index (χ0n) is 11.1. The average molecular weight is 290 g/mol. The van der Waals surface area contributed by atoms with Crippen LogP contribution in [0.15, 0.2) is 5.38 Å². The van der Waals surface area contributed by atoms with E-state index >= 15 is 0 Å². The summed E-state index contributed by atoms with van der Waals surface area (Å²) >= 11 is 1.79. The minimum atomic E-state index is 0. The van der Waals surface area contributed by atoms with Gasteiger partial charge < -0.3 is 5.73 Å². The van der Waals surface area contributed by atoms with Crippen molar-refractivity contribution in [1.82, 2.24) is 9.88 Å². The van der Waals surface area contributed by atoms with Gasteiger partial charge in [-0.2, -0.15) is 0 Å². The molecule has 2 rings (SSSR count). The van der Waals surface area contributed by atoms with Crippen molar-refractivity contribution in [2.24, 2.45) is 5.73 Å². The van der Waals surface area contributed by atoms with Gasteiger partial charge in [-0.15, -0.1) is 23.7 Å². The van der Waals surface area contributed by atoms with Gasteiger partial charge in [-0.25, -0.2) is 4.98 Å². The van der Waals surface area contributed by atoms with E-state index in [1.165, 1.54) is 36.5 Å². The van der Waals surface area contributed by atoms with Crippen LogP contribution in [0.3, 0.4) is 0 Å². The summed E-state index contributed by atoms with van der Waals surface area (Å²) in [7, 11) is 0. The summed E-state index contributed by atoms with van der Waals surface area (Å²) in [6, 6.07) is 0.681. The highest BCUT2D eigenvalue weighted by Crippen LogP contribution is 2.22. The lowest BCUT2D eigenvalue weighted by Crippen LogP contribution is -2.40. The SMILES string of the molecule is CCc1nc(CN2CCCCC2CCN)cs1.Cl. The Bertz CT molecular complexity index is 341. The summed E-state index contributed by atoms with van der Waals surface area (Å²) in [4.78, 5) is 7.24. The molecule has 1 saturated heterocycles. The number of piperidine rings is 1. The molecule has 0 amide bonds. The molecule has 1 unspecified atom stereocenters. The van der Waals surface area contributed by atoms with E-state index in [0.717, 1.165) is 25.9 Å². The van der Waals surface area contributed by atoms with Crippen LogP contribution in [0.4, 0.5) is 0 Å². The molecule has 1 aromatic rings. The van der Waals surface area contributed by atoms with Gasteiger partial charge in [0, 0.05) is 18.0 Å². The molecule has 0 saturated carbocycles. The third kappa shape index (κ3) is 4.19. The first-order valence-electron chi connectivity index (χ1n) is 6.71. The normalized spacial score (nSPS) is 20.7. The number of halogens is 1. The number of likely N-dealkylation sites (tertiary alicyclic amines) is 1. The van der Waals surface area contributed by atoms with E-state index in [0.29, 0.717) is 6.04 Å². The number of hydrogen-bond donors (Lipinski definition) is 1. The number of aryl methyl sites for hydroxylation is 1. The Morgan fingerprint density at radius 1 is 1.50 bits per heavy atom. The average Bonchev–Trinajstić information content (AvgIpc) is 2.80. The van der Waals surface area contributed by atoms with Gasteiger partial charge in [-0.05, 0) is 38.8 Å². The van der Waals surface area contributed by atoms with E-state index in [1.807, 2.05) is 0 Å². The van der Waals surface area contributed by atoms with Crippen LogP contribution in [0.2, 0.25) is 0 Å². The van der Waals surface area contributed by atoms with Crippen LogP contribution in [0.5, 0.6) is 0 Å². The number of aromatic nitrogens is 1. The molecule has 104 valence electrons. The number of nitrogens with zero attached hydrogens (tertiary/aromatic N) is 2. The van der Waals surface area contributed by atoms with Crippen LogP contribution in [0.25, 0.3) is 0 Å². The van der Waals surface area contributed by atoms with Gasteiger partial charge >= 0.3 is 0 Å². The second-order valence-electron chi connectivity index (χ2n) is 4.78. The van der Waals surface area contributed by atoms with Crippen molar-refractivity contribution in [3.63, 3.8) is 0 Å². The molecular weight excluding hydrogens is 266 g/mol. The third-order valence-electron chi connectivity index (χ3n) is 3.52. The van der Waals surface area contributed by atoms with Gasteiger partial charge in [0.1, 0.15) is 0 Å². The van der Waals surface area contributed by atoms with E-state index in [9.17, 15) is 0 Å². The summed E-state index contributed by atoms with van der Waals surface area (Å²) in [5.41, 5.74) is 6.95. The zero-order valence-corrected chi connectivity index (χ0v) is 12.7. The Morgan fingerprint density at radius 3 is 3.00 bits per heavy atom. The molecule has 0 spiro atoms. The first-order valence-corrected chi connectivity index (χ1v) is 7.58. The second-order valence-corrected chi connectivity index (χ2v) is 5.73. The molecular formula is C13H24ClN3S. The second kappa shape index (κ2) is 8.10. The van der Waals surface area contributed by atoms with Gasteiger partial charge in [0.15, 0.2) is 0 Å². The summed E-state index contributed by atoms with van der Waals surface area (Å²) in [5, 5.41) is 3.47. The molecule has 1 fully saturated rings. The molecule has 0 radical (unpaired) electrons. The zero-order chi connectivity index (χ0) is 12.1. The van der Waals surface area contributed by atoms with Crippen molar-refractivity contribution >= 4 is 23.7 Å². The highest BCUT2D eigenvalue weighted by molar-refractivity contribution is 7.09. The minimum Gasteiger partial charge on any atom is -0.330 e. The first-order chi connectivity index (χ1) is 8.33. The van der Waals surface area contributed by atoms with Crippen LogP contribution in [0, 0.1) is 0 Å². The monoisotopic (exact) mass is 289 g/mol. The molecule has 1 aliphatic heterocycles. The maximum Gasteiger partial charge on any atom is 0.0926 e. The molecule has 0 aromatic carbocycles. The fourth-order valence-corrected chi connectivity index (χ4v) is 3.32. The van der Waals surface area contributed by atoms with E-state index in [4.69, 9.17) is 5.73 Å². The highest BCUT2D eigenvalue weighted by atomic mass is 35.5. The first kappa shape index (κ1) is 15.9. The standard InChI is InChI=1S/C13H23N3S.ClH/c1-2-13-15-11(10-17-13)9-16-8-4-3-5-12(16)6-7-14;/h10,12H,2-9,14H2,1H3;1H. The lowest BCUT2D eigenvalue weighted by atomic mass is 9.99. The summed E-state index contributed by atoms with van der Waals surface area (Å²) in [6.07, 6.45) is 6.17. The molecule has 0 bridgehead atoms. The topological polar surface area (TPSA) is 42.2 Å². The van der Waals surface area contributed by atoms with Crippen LogP contribution in [-0.2, 0) is 13.0 Å². The van der Waals surface area contributed by atoms with Crippen molar-refractivity contribution in [3.05, 3.63) is 16.1 Å². The molecule has 0 aliphatic carbocycles. The van der Waals surface area contributed by atoms with Gasteiger partial charge in [0.2, 0.25) is 0 Å². The largest absolute Gasteiger partial charge is 0.330 e. The smallest absolute Gasteiger partial charge is 0.0926 e. The fourth-order valence-electron chi connectivity index (χ4n) is 2.58. The third-order valence-corrected chi connectivity index (χ3v) is 4.56. The van der Waals surface area contributed by atoms with Gasteiger partial charge in [0.05, 0.1) is 10.7 Å². The molecule has 1 aliphatic rings. The van der Waals surface area contributed by atoms with Gasteiger partial charge in [0.25, 0.3) is 0 Å². The molecule has 2 heterocycles. The van der Waals surface area contributed by atoms with Crippen molar-refractivity contribution in [3.8, 4) is 0 Å². The van der Waals surface area contributed by atoms with E-state index in [2.05, 4.69) is 22.2 Å². The van der Waals surface area contributed by atoms with E-state index < -0.39 is 0 Å². The van der Waals surface area contributed by atoms with Crippen molar-refractivity contribution in [2.75, 3.05) is 13.1 Å². The Labute approximate surface area is 120 Å². The van der Waals surface area contributed by atoms with Crippen molar-refractivity contribution < 1.29 is 0 Å². The molecule has 1 aromatic heterocycles. The van der Waals surface area contributed by atoms with Crippen LogP contribution in [-0.4, -0.2) is 29.0 Å². The Balaban J connectivity index is 0.00000162. The van der Waals surface area contributed by atoms with E-state index in [-0.39, 0.29) is 12.4 Å². The van der Waals surface area contributed by atoms with Crippen molar-refractivity contribution in [2.45, 2.75) is 51.6 Å². The number of thiazole rings is 1. The fraction of sp³-hybridized carbons (Fsp3) is 0.769. The van der Waals surface area contributed by atoms with Crippen molar-refractivity contribution in [1.29, 1.82) is 0 Å². The van der Waals surface area contributed by atoms with Crippen LogP contribution >= 0.6 is 23.7 Å². The Morgan fingerprint density at radius 2 is 2.33 bits per heavy atom. The lowest BCUT2D eigenvalue weighted by Gasteiger charge is -2.35. The predicted molar refractivity (Wildman–Crippen MR) is 80.5 cm³/mol. The number of hydrogen-bond acceptors (Lipinski definition) is 4. The Kier molecular flexibility index (Phi) is 7.15. The summed E-state index contributed by atoms with van der Waals surface area (Å²) < 4.78 is 0. The van der Waals surface area contributed by atoms with Gasteiger partial charge in [-0.1, -0.05) is 13.3 Å². The molecule has 3 nitrogen and oxygen atoms in total. The van der Waals surface area contributed by atoms with Crippen LogP contribution < -0.4 is 5.73 Å². The van der Waals surface area contributed by atoms with E-state index in [1.54, 1.807) is 11.3 Å². The Hall–Kier alpha value is -0.160. The van der Waals surface area contributed by atoms with Gasteiger partial charge in [-0.3, -0.25) is 4.90 Å². The maximum absolute atomic E-state index is 5.70. The molecule has 1 atom stereocenters.